The van der Waals surface area contributed by atoms with E-state index in [-0.39, 0.29) is 6.61 Å². The first-order valence-corrected chi connectivity index (χ1v) is 6.47. The Labute approximate surface area is 113 Å². The summed E-state index contributed by atoms with van der Waals surface area (Å²) in [5.41, 5.74) is -0.179. The van der Waals surface area contributed by atoms with Crippen LogP contribution < -0.4 is 14.8 Å². The smallest absolute Gasteiger partial charge is 0.161 e. The highest BCUT2D eigenvalue weighted by Crippen LogP contribution is 2.30. The van der Waals surface area contributed by atoms with Gasteiger partial charge in [0.2, 0.25) is 0 Å². The van der Waals surface area contributed by atoms with Gasteiger partial charge in [-0.15, -0.1) is 6.58 Å². The molecule has 104 valence electrons. The van der Waals surface area contributed by atoms with Crippen molar-refractivity contribution >= 4 is 0 Å². The molecule has 1 aromatic carbocycles. The molecule has 1 aliphatic heterocycles. The van der Waals surface area contributed by atoms with Crippen molar-refractivity contribution in [3.8, 4) is 11.5 Å². The van der Waals surface area contributed by atoms with Crippen molar-refractivity contribution in [2.24, 2.45) is 0 Å². The monoisotopic (exact) mass is 265 g/mol. The van der Waals surface area contributed by atoms with Gasteiger partial charge in [-0.1, -0.05) is 12.1 Å². The van der Waals surface area contributed by atoms with Crippen molar-refractivity contribution in [3.63, 3.8) is 0 Å². The molecule has 2 rings (SSSR count). The van der Waals surface area contributed by atoms with Gasteiger partial charge in [-0.2, -0.15) is 0 Å². The molecule has 1 aliphatic rings. The average molecular weight is 265 g/mol. The lowest BCUT2D eigenvalue weighted by atomic mass is 10.1. The molecule has 0 aliphatic carbocycles. The van der Waals surface area contributed by atoms with Gasteiger partial charge in [-0.05, 0) is 37.1 Å². The summed E-state index contributed by atoms with van der Waals surface area (Å²) in [6.07, 6.45) is 3.09. The summed E-state index contributed by atoms with van der Waals surface area (Å²) >= 11 is 0. The minimum atomic E-state index is -1.27. The molecule has 19 heavy (non-hydrogen) atoms. The number of alkyl halides is 1. The maximum absolute atomic E-state index is 14.2. The van der Waals surface area contributed by atoms with Gasteiger partial charge in [0.15, 0.2) is 17.2 Å². The van der Waals surface area contributed by atoms with Crippen molar-refractivity contribution in [2.45, 2.75) is 18.5 Å². The quantitative estimate of drug-likeness (QED) is 0.802. The Hall–Kier alpha value is -1.55. The molecule has 0 amide bonds. The van der Waals surface area contributed by atoms with E-state index >= 15 is 0 Å². The molecule has 1 N–H and O–H groups in total. The van der Waals surface area contributed by atoms with Crippen LogP contribution in [0.5, 0.6) is 11.5 Å². The number of methoxy groups -OCH3 is 1. The number of allylic oxidation sites excluding steroid dienone is 1. The van der Waals surface area contributed by atoms with E-state index in [0.29, 0.717) is 31.0 Å². The maximum atomic E-state index is 14.2. The molecule has 0 aromatic heterocycles. The Morgan fingerprint density at radius 3 is 2.95 bits per heavy atom. The second-order valence-electron chi connectivity index (χ2n) is 4.84. The zero-order valence-corrected chi connectivity index (χ0v) is 11.2. The van der Waals surface area contributed by atoms with E-state index in [9.17, 15) is 4.39 Å². The summed E-state index contributed by atoms with van der Waals surface area (Å²) in [5.74, 6) is 1.22. The largest absolute Gasteiger partial charge is 0.493 e. The minimum Gasteiger partial charge on any atom is -0.493 e. The summed E-state index contributed by atoms with van der Waals surface area (Å²) in [5, 5.41) is 3.01. The fourth-order valence-corrected chi connectivity index (χ4v) is 2.17. The summed E-state index contributed by atoms with van der Waals surface area (Å²) in [6, 6.07) is 5.66. The van der Waals surface area contributed by atoms with E-state index in [4.69, 9.17) is 9.47 Å². The van der Waals surface area contributed by atoms with Crippen LogP contribution in [0.2, 0.25) is 0 Å². The number of halogens is 1. The normalized spacial score (nSPS) is 22.2. The lowest BCUT2D eigenvalue weighted by Gasteiger charge is -2.20. The van der Waals surface area contributed by atoms with Crippen LogP contribution in [0.3, 0.4) is 0 Å². The van der Waals surface area contributed by atoms with E-state index < -0.39 is 5.67 Å². The Morgan fingerprint density at radius 1 is 1.47 bits per heavy atom. The van der Waals surface area contributed by atoms with Crippen LogP contribution in [0.15, 0.2) is 30.9 Å². The number of nitrogens with one attached hydrogen (secondary N) is 1. The molecule has 1 heterocycles. The third-order valence-electron chi connectivity index (χ3n) is 3.29. The van der Waals surface area contributed by atoms with Gasteiger partial charge in [0, 0.05) is 6.54 Å². The molecule has 0 spiro atoms. The van der Waals surface area contributed by atoms with Gasteiger partial charge in [0.25, 0.3) is 0 Å². The van der Waals surface area contributed by atoms with Gasteiger partial charge in [-0.25, -0.2) is 4.39 Å². The molecular weight excluding hydrogens is 245 g/mol. The van der Waals surface area contributed by atoms with Gasteiger partial charge < -0.3 is 14.8 Å². The number of benzene rings is 1. The Bertz CT molecular complexity index is 442. The Kier molecular flexibility index (Phi) is 4.43. The number of hydrogen-bond donors (Lipinski definition) is 1. The molecule has 0 saturated carbocycles. The third-order valence-corrected chi connectivity index (χ3v) is 3.29. The zero-order chi connectivity index (χ0) is 13.7. The average Bonchev–Trinajstić information content (AvgIpc) is 2.85. The van der Waals surface area contributed by atoms with E-state index in [1.807, 2.05) is 24.3 Å². The van der Waals surface area contributed by atoms with Crippen LogP contribution in [0.1, 0.15) is 12.0 Å². The number of rotatable bonds is 6. The number of hydrogen-bond acceptors (Lipinski definition) is 3. The topological polar surface area (TPSA) is 30.5 Å². The SMILES string of the molecule is C=CCc1ccc(OCC2(F)CCNC2)c(OC)c1. The van der Waals surface area contributed by atoms with Crippen LogP contribution in [-0.2, 0) is 6.42 Å². The molecule has 0 radical (unpaired) electrons. The molecule has 1 unspecified atom stereocenters. The van der Waals surface area contributed by atoms with Crippen LogP contribution in [0, 0.1) is 0 Å². The summed E-state index contributed by atoms with van der Waals surface area (Å²) in [6.45, 7) is 4.81. The van der Waals surface area contributed by atoms with Crippen molar-refractivity contribution in [1.29, 1.82) is 0 Å². The minimum absolute atomic E-state index is 0.0527. The molecule has 1 saturated heterocycles. The summed E-state index contributed by atoms with van der Waals surface area (Å²) in [7, 11) is 1.59. The first-order valence-electron chi connectivity index (χ1n) is 6.47. The van der Waals surface area contributed by atoms with Crippen molar-refractivity contribution in [2.75, 3.05) is 26.8 Å². The Morgan fingerprint density at radius 2 is 2.32 bits per heavy atom. The lowest BCUT2D eigenvalue weighted by molar-refractivity contribution is 0.101. The van der Waals surface area contributed by atoms with Gasteiger partial charge in [-0.3, -0.25) is 0 Å². The Balaban J connectivity index is 2.04. The summed E-state index contributed by atoms with van der Waals surface area (Å²) < 4.78 is 25.1. The van der Waals surface area contributed by atoms with Crippen LogP contribution in [-0.4, -0.2) is 32.5 Å². The maximum Gasteiger partial charge on any atom is 0.161 e. The van der Waals surface area contributed by atoms with E-state index in [2.05, 4.69) is 11.9 Å². The van der Waals surface area contributed by atoms with Crippen molar-refractivity contribution in [1.82, 2.24) is 5.32 Å². The molecule has 3 nitrogen and oxygen atoms in total. The fourth-order valence-electron chi connectivity index (χ4n) is 2.17. The zero-order valence-electron chi connectivity index (χ0n) is 11.2. The fraction of sp³-hybridized carbons (Fsp3) is 0.467. The highest BCUT2D eigenvalue weighted by Gasteiger charge is 2.34. The van der Waals surface area contributed by atoms with E-state index in [1.165, 1.54) is 0 Å². The molecule has 1 aromatic rings. The van der Waals surface area contributed by atoms with Gasteiger partial charge in [0.05, 0.1) is 7.11 Å². The predicted octanol–water partition coefficient (Wildman–Crippen LogP) is 2.50. The first kappa shape index (κ1) is 13.9. The lowest BCUT2D eigenvalue weighted by Crippen LogP contribution is -2.33. The predicted molar refractivity (Wildman–Crippen MR) is 73.7 cm³/mol. The van der Waals surface area contributed by atoms with Gasteiger partial charge >= 0.3 is 0 Å². The van der Waals surface area contributed by atoms with Crippen LogP contribution >= 0.6 is 0 Å². The summed E-state index contributed by atoms with van der Waals surface area (Å²) in [4.78, 5) is 0. The molecule has 1 fully saturated rings. The molecular formula is C15H20FNO2. The molecule has 4 heteroatoms. The highest BCUT2D eigenvalue weighted by molar-refractivity contribution is 5.43. The van der Waals surface area contributed by atoms with E-state index in [1.54, 1.807) is 7.11 Å². The number of ether oxygens (including phenoxy) is 2. The van der Waals surface area contributed by atoms with Crippen LogP contribution in [0.4, 0.5) is 4.39 Å². The van der Waals surface area contributed by atoms with Crippen molar-refractivity contribution < 1.29 is 13.9 Å². The third kappa shape index (κ3) is 3.47. The van der Waals surface area contributed by atoms with Crippen LogP contribution in [0.25, 0.3) is 0 Å². The molecule has 1 atom stereocenters. The second kappa shape index (κ2) is 6.06. The molecule has 0 bridgehead atoms. The first-order chi connectivity index (χ1) is 9.17. The highest BCUT2D eigenvalue weighted by atomic mass is 19.1. The standard InChI is InChI=1S/C15H20FNO2/c1-3-4-12-5-6-13(14(9-12)18-2)19-11-15(16)7-8-17-10-15/h3,5-6,9,17H,1,4,7-8,10-11H2,2H3. The second-order valence-corrected chi connectivity index (χ2v) is 4.84. The van der Waals surface area contributed by atoms with Crippen molar-refractivity contribution in [3.05, 3.63) is 36.4 Å². The van der Waals surface area contributed by atoms with E-state index in [0.717, 1.165) is 12.0 Å². The van der Waals surface area contributed by atoms with Gasteiger partial charge in [0.1, 0.15) is 6.61 Å².